The van der Waals surface area contributed by atoms with Gasteiger partial charge >= 0.3 is 0 Å². The number of nitrogen functional groups attached to an aromatic ring is 1. The van der Waals surface area contributed by atoms with Gasteiger partial charge in [0.15, 0.2) is 58.2 Å². The van der Waals surface area contributed by atoms with E-state index in [4.69, 9.17) is 65.9 Å². The van der Waals surface area contributed by atoms with Gasteiger partial charge in [0.2, 0.25) is 0 Å². The van der Waals surface area contributed by atoms with E-state index in [1.165, 1.54) is 0 Å². The van der Waals surface area contributed by atoms with Crippen LogP contribution in [0.3, 0.4) is 0 Å². The maximum atomic E-state index is 12.9. The molecule has 20 rings (SSSR count). The summed E-state index contributed by atoms with van der Waals surface area (Å²) in [6.07, 6.45) is 34.4. The molecule has 6 fully saturated rings. The zero-order valence-electron chi connectivity index (χ0n) is 81.4. The van der Waals surface area contributed by atoms with Crippen LogP contribution in [0.1, 0.15) is 110 Å². The van der Waals surface area contributed by atoms with Gasteiger partial charge in [0, 0.05) is 257 Å². The van der Waals surface area contributed by atoms with Crippen LogP contribution < -0.4 is 30.2 Å². The number of aromatic nitrogens is 15. The summed E-state index contributed by atoms with van der Waals surface area (Å²) in [4.78, 5) is 84.2. The van der Waals surface area contributed by atoms with E-state index in [-0.39, 0.29) is 35.5 Å². The number of aryl methyl sites for hydroxylation is 2. The lowest BCUT2D eigenvalue weighted by Gasteiger charge is -2.34. The molecule has 0 radical (unpaired) electrons. The first kappa shape index (κ1) is 101. The lowest BCUT2D eigenvalue weighted by Crippen LogP contribution is -2.44. The molecule has 10 aromatic heterocycles. The number of rotatable bonds is 16. The Bertz CT molecular complexity index is 7110. The standard InChI is InChI=1S/C20H22N6O2S.C20H25N5O2S.C19H22ClN5O2S.C19H26N6O2S.C18H22N6O2S/c1-13-12-28-8-7-26(13)19-10-18(25-29(2,3)27)23-20(24-19)16-9-14(11-21)22-17-6-4-5-15(16)17;1-13-10-16(15-6-5-7-17(15)21-13)20-22-18(24-28(3,4)26)11-19(23-20)25-8-9-27-12-14(25)2;1-12-11-27-8-7-25(12)18-10-17(24-28(2,3)26)22-19(23-18)14-9-16(20)21-15-6-4-5-13(14)15;1-12-8-14(9-16(20)21-12)19-22-17(24-28(3,26)15-4-5-15)10-18(23-19)25-6-7-27-11-13(25)2;1-12-11-26-7-6-24(12)17-8-16(23-27(2,3)25)21-18(22-17)13-4-5-20-15-10-19-9-14(13)15/h4-5,9-10,13H,6-8,12H2,1-3H3;5-6,10-11,14H,7-9,12H2,1-4H3;4-5,9-10,12H,6-8,11H2,1-3H3;8-10,13,15H,4-7,11H2,1-3H3,(H2,20,21);4-5,8-9,12H,6-7,10-11H2,1-3H3/t13-;14-;12-;13-,28+;12-/m11111/s1. The molecular formula is C96H117ClN28O10S5. The highest BCUT2D eigenvalue weighted by molar-refractivity contribution is 7.94. The Morgan fingerprint density at radius 3 is 1.13 bits per heavy atom. The molecule has 6 atom stereocenters. The molecule has 140 heavy (non-hydrogen) atoms. The van der Waals surface area contributed by atoms with Crippen LogP contribution in [0, 0.1) is 25.2 Å². The van der Waals surface area contributed by atoms with E-state index in [9.17, 15) is 26.3 Å². The summed E-state index contributed by atoms with van der Waals surface area (Å²) in [6.45, 7) is 24.9. The Labute approximate surface area is 823 Å². The van der Waals surface area contributed by atoms with Crippen molar-refractivity contribution in [1.29, 1.82) is 5.26 Å². The lowest BCUT2D eigenvalue weighted by atomic mass is 10.1. The van der Waals surface area contributed by atoms with Crippen LogP contribution in [0.5, 0.6) is 0 Å². The Balaban J connectivity index is 0.000000126. The van der Waals surface area contributed by atoms with Crippen LogP contribution in [0.15, 0.2) is 118 Å². The summed E-state index contributed by atoms with van der Waals surface area (Å²) in [5.74, 6) is 8.86. The predicted molar refractivity (Wildman–Crippen MR) is 555 cm³/mol. The molecule has 2 N–H and O–H groups in total. The average Bonchev–Trinajstić information content (AvgIpc) is 1.79. The van der Waals surface area contributed by atoms with Gasteiger partial charge in [-0.2, -0.15) is 27.1 Å². The van der Waals surface area contributed by atoms with Crippen molar-refractivity contribution in [3.05, 3.63) is 158 Å². The normalized spacial score (nSPS) is 19.5. The zero-order chi connectivity index (χ0) is 99.3. The van der Waals surface area contributed by atoms with Crippen molar-refractivity contribution in [3.8, 4) is 63.0 Å². The van der Waals surface area contributed by atoms with E-state index >= 15 is 0 Å². The molecule has 10 aliphatic rings. The second-order valence-electron chi connectivity index (χ2n) is 36.9. The number of aliphatic imine (C=N–C) groups is 1. The van der Waals surface area contributed by atoms with Crippen molar-refractivity contribution in [2.24, 2.45) is 26.8 Å². The van der Waals surface area contributed by atoms with Gasteiger partial charge in [-0.15, -0.1) is 0 Å². The Morgan fingerprint density at radius 1 is 0.400 bits per heavy atom. The zero-order valence-corrected chi connectivity index (χ0v) is 86.3. The third-order valence-corrected chi connectivity index (χ3v) is 28.6. The van der Waals surface area contributed by atoms with Gasteiger partial charge in [-0.1, -0.05) is 48.1 Å². The lowest BCUT2D eigenvalue weighted by molar-refractivity contribution is 0.0985. The van der Waals surface area contributed by atoms with Crippen LogP contribution in [-0.4, -0.2) is 293 Å². The summed E-state index contributed by atoms with van der Waals surface area (Å²) in [6, 6.07) is 23.0. The molecule has 44 heteroatoms. The number of nitrogens with two attached hydrogens (primary N) is 1. The maximum Gasteiger partial charge on any atom is 0.167 e. The van der Waals surface area contributed by atoms with E-state index < -0.39 is 48.6 Å². The topological polar surface area (TPSA) is 465 Å². The molecule has 0 amide bonds. The number of morpholine rings is 5. The fourth-order valence-electron chi connectivity index (χ4n) is 17.2. The minimum atomic E-state index is -2.40. The van der Waals surface area contributed by atoms with Crippen molar-refractivity contribution in [3.63, 3.8) is 0 Å². The van der Waals surface area contributed by atoms with Gasteiger partial charge in [-0.05, 0) is 97.7 Å². The molecule has 0 unspecified atom stereocenters. The second kappa shape index (κ2) is 42.9. The summed E-state index contributed by atoms with van der Waals surface area (Å²) in [5, 5.41) is 9.95. The number of nitrogens with zero attached hydrogens (tertiary/aromatic N) is 27. The Morgan fingerprint density at radius 2 is 0.750 bits per heavy atom. The van der Waals surface area contributed by atoms with Crippen molar-refractivity contribution < 1.29 is 44.7 Å². The minimum Gasteiger partial charge on any atom is -0.384 e. The first-order chi connectivity index (χ1) is 66.7. The van der Waals surface area contributed by atoms with E-state index in [0.717, 1.165) is 159 Å². The molecule has 38 nitrogen and oxygen atoms in total. The molecule has 0 aromatic carbocycles. The second-order valence-corrected chi connectivity index (χ2v) is 50.0. The molecule has 6 aliphatic heterocycles. The van der Waals surface area contributed by atoms with Crippen LogP contribution in [0.4, 0.5) is 64.0 Å². The fraction of sp³-hybridized carbons (Fsp3) is 0.448. The molecule has 5 saturated heterocycles. The van der Waals surface area contributed by atoms with E-state index in [1.807, 2.05) is 74.7 Å². The summed E-state index contributed by atoms with van der Waals surface area (Å²) in [7, 11) is -11.8. The number of pyridine rings is 5. The average molecular weight is 2020 g/mol. The Kier molecular flexibility index (Phi) is 31.0. The molecule has 738 valence electrons. The first-order valence-electron chi connectivity index (χ1n) is 46.1. The minimum absolute atomic E-state index is 0.143. The number of fused-ring (bicyclic) bond motifs is 4. The predicted octanol–water partition coefficient (Wildman–Crippen LogP) is 13.5. The number of allylic oxidation sites excluding steroid dienone is 3. The molecule has 4 aliphatic carbocycles. The maximum absolute atomic E-state index is 12.9. The van der Waals surface area contributed by atoms with Gasteiger partial charge in [0.25, 0.3) is 0 Å². The van der Waals surface area contributed by atoms with E-state index in [0.29, 0.717) is 166 Å². The van der Waals surface area contributed by atoms with Gasteiger partial charge in [0.05, 0.1) is 135 Å². The van der Waals surface area contributed by atoms with Crippen molar-refractivity contribution >= 4 is 149 Å². The third-order valence-electron chi connectivity index (χ3n) is 23.6. The number of halogens is 1. The third kappa shape index (κ3) is 25.7. The highest BCUT2D eigenvalue weighted by Gasteiger charge is 2.34. The van der Waals surface area contributed by atoms with E-state index in [1.54, 1.807) is 98.9 Å². The number of hydrogen-bond acceptors (Lipinski definition) is 38. The number of hydrogen-bond donors (Lipinski definition) is 1. The van der Waals surface area contributed by atoms with Crippen molar-refractivity contribution in [2.75, 3.05) is 185 Å². The summed E-state index contributed by atoms with van der Waals surface area (Å²) >= 11 is 6.25. The number of ether oxygens (including phenoxy) is 5. The summed E-state index contributed by atoms with van der Waals surface area (Å²) < 4.78 is 112. The quantitative estimate of drug-likeness (QED) is 0.0878. The number of anilines is 6. The molecule has 1 saturated carbocycles. The van der Waals surface area contributed by atoms with Crippen molar-refractivity contribution in [1.82, 2.24) is 74.8 Å². The van der Waals surface area contributed by atoms with Crippen LogP contribution >= 0.6 is 11.6 Å². The fourth-order valence-corrected chi connectivity index (χ4v) is 21.2. The SMILES string of the molecule is C[C@@H]1COCCN1c1cc(N=S(C)(C)=O)nc(-c2cc(C#N)nc3c2C=CC3)n1.C[C@@H]1COCCN1c1cc(N=S(C)(C)=O)nc(-c2cc(Cl)nc3c2C=CC3)n1.C[C@@H]1COCCN1c1cc(N=S(C)(C)=O)nc(-c2ccnc3c2C=NC3)n1.Cc1cc(-c2nc(N=S(C)(C)=O)cc(N3CCOC[C@H]3C)n2)c2c(n1)CC=C2.Cc1cc(-c2nc(N=[S@@](C)(=O)C3CC3)cc(N3CCOC[C@H]3C)n2)cc(N)n1. The molecule has 0 bridgehead atoms. The molecule has 0 spiro atoms. The molecule has 10 aromatic rings. The van der Waals surface area contributed by atoms with Gasteiger partial charge in [0.1, 0.15) is 51.8 Å². The van der Waals surface area contributed by atoms with E-state index in [2.05, 4.69) is 154 Å². The van der Waals surface area contributed by atoms with Crippen LogP contribution in [0.25, 0.3) is 75.2 Å². The molecular weight excluding hydrogens is 1900 g/mol. The number of nitriles is 1. The van der Waals surface area contributed by atoms with Gasteiger partial charge in [-0.3, -0.25) is 15.0 Å². The van der Waals surface area contributed by atoms with Crippen molar-refractivity contribution in [2.45, 2.75) is 123 Å². The first-order valence-corrected chi connectivity index (χ1v) is 57.8. The van der Waals surface area contributed by atoms with Crippen LogP contribution in [-0.2, 0) is 98.1 Å². The van der Waals surface area contributed by atoms with Gasteiger partial charge < -0.3 is 53.9 Å². The highest BCUT2D eigenvalue weighted by atomic mass is 35.5. The monoisotopic (exact) mass is 2020 g/mol. The molecule has 16 heterocycles. The highest BCUT2D eigenvalue weighted by Crippen LogP contribution is 2.41. The Hall–Kier alpha value is -11.8. The van der Waals surface area contributed by atoms with Gasteiger partial charge in [-0.25, -0.2) is 85.8 Å². The summed E-state index contributed by atoms with van der Waals surface area (Å²) in [5.41, 5.74) is 19.6. The largest absolute Gasteiger partial charge is 0.384 e. The van der Waals surface area contributed by atoms with Crippen LogP contribution in [0.2, 0.25) is 5.15 Å². The smallest absolute Gasteiger partial charge is 0.167 e.